The normalized spacial score (nSPS) is 11.4. The molecule has 0 aliphatic carbocycles. The largest absolute Gasteiger partial charge is 0.493 e. The molecule has 0 saturated carbocycles. The number of carbonyl (C=O) groups excluding carboxylic acids is 1. The molecule has 0 aliphatic rings. The fourth-order valence-corrected chi connectivity index (χ4v) is 3.07. The van der Waals surface area contributed by atoms with Crippen LogP contribution in [0.2, 0.25) is 0 Å². The van der Waals surface area contributed by atoms with Crippen molar-refractivity contribution in [3.63, 3.8) is 0 Å². The quantitative estimate of drug-likeness (QED) is 0.557. The monoisotopic (exact) mass is 422 g/mol. The minimum Gasteiger partial charge on any atom is -0.493 e. The Balaban J connectivity index is 1.65. The third-order valence-corrected chi connectivity index (χ3v) is 4.78. The number of benzene rings is 2. The van der Waals surface area contributed by atoms with E-state index in [0.717, 1.165) is 11.1 Å². The first-order valence-electron chi connectivity index (χ1n) is 9.78. The fourth-order valence-electron chi connectivity index (χ4n) is 3.07. The molecule has 3 rings (SSSR count). The van der Waals surface area contributed by atoms with Crippen LogP contribution in [0.1, 0.15) is 34.5 Å². The Bertz CT molecular complexity index is 981. The predicted molar refractivity (Wildman–Crippen MR) is 117 cm³/mol. The average molecular weight is 422 g/mol. The average Bonchev–Trinajstić information content (AvgIpc) is 2.82. The van der Waals surface area contributed by atoms with E-state index in [9.17, 15) is 4.79 Å². The number of carbonyl (C=O) groups is 1. The number of ether oxygens (including phenoxy) is 4. The molecule has 1 unspecified atom stereocenters. The molecular weight excluding hydrogens is 396 g/mol. The van der Waals surface area contributed by atoms with Crippen LogP contribution in [0.5, 0.6) is 23.0 Å². The number of nitrogens with one attached hydrogen (secondary N) is 1. The highest BCUT2D eigenvalue weighted by atomic mass is 16.5. The molecule has 1 heterocycles. The molecule has 7 heteroatoms. The molecule has 7 nitrogen and oxygen atoms in total. The summed E-state index contributed by atoms with van der Waals surface area (Å²) < 4.78 is 21.9. The molecule has 1 atom stereocenters. The van der Waals surface area contributed by atoms with E-state index in [1.54, 1.807) is 58.0 Å². The summed E-state index contributed by atoms with van der Waals surface area (Å²) in [5.74, 6) is 2.06. The summed E-state index contributed by atoms with van der Waals surface area (Å²) in [6, 6.07) is 14.2. The third-order valence-electron chi connectivity index (χ3n) is 4.78. The smallest absolute Gasteiger partial charge is 0.251 e. The fraction of sp³-hybridized carbons (Fsp3) is 0.250. The van der Waals surface area contributed by atoms with Crippen LogP contribution in [0, 0.1) is 0 Å². The van der Waals surface area contributed by atoms with Crippen LogP contribution in [0.3, 0.4) is 0 Å². The van der Waals surface area contributed by atoms with Crippen LogP contribution < -0.4 is 24.3 Å². The first kappa shape index (κ1) is 22.0. The molecule has 0 bridgehead atoms. The highest BCUT2D eigenvalue weighted by Crippen LogP contribution is 2.39. The van der Waals surface area contributed by atoms with Gasteiger partial charge in [0, 0.05) is 23.5 Å². The number of methoxy groups -OCH3 is 3. The van der Waals surface area contributed by atoms with Crippen molar-refractivity contribution >= 4 is 5.91 Å². The van der Waals surface area contributed by atoms with E-state index in [1.165, 1.54) is 0 Å². The number of hydrogen-bond acceptors (Lipinski definition) is 6. The number of aromatic nitrogens is 1. The maximum absolute atomic E-state index is 12.7. The maximum Gasteiger partial charge on any atom is 0.251 e. The highest BCUT2D eigenvalue weighted by Gasteiger charge is 2.18. The molecule has 162 valence electrons. The van der Waals surface area contributed by atoms with Crippen molar-refractivity contribution in [2.24, 2.45) is 0 Å². The maximum atomic E-state index is 12.7. The van der Waals surface area contributed by atoms with Crippen molar-refractivity contribution in [2.75, 3.05) is 21.3 Å². The first-order valence-corrected chi connectivity index (χ1v) is 9.78. The molecule has 1 amide bonds. The Morgan fingerprint density at radius 3 is 2.23 bits per heavy atom. The summed E-state index contributed by atoms with van der Waals surface area (Å²) in [7, 11) is 4.67. The molecule has 2 aromatic carbocycles. The second kappa shape index (κ2) is 10.3. The van der Waals surface area contributed by atoms with Crippen molar-refractivity contribution in [1.82, 2.24) is 10.3 Å². The van der Waals surface area contributed by atoms with Gasteiger partial charge in [-0.2, -0.15) is 0 Å². The minimum absolute atomic E-state index is 0.194. The molecule has 3 aromatic rings. The minimum atomic E-state index is -0.275. The number of nitrogens with zero attached hydrogens (tertiary/aromatic N) is 1. The van der Waals surface area contributed by atoms with E-state index in [4.69, 9.17) is 18.9 Å². The van der Waals surface area contributed by atoms with Gasteiger partial charge in [-0.1, -0.05) is 6.07 Å². The van der Waals surface area contributed by atoms with Gasteiger partial charge in [0.05, 0.1) is 27.4 Å². The zero-order chi connectivity index (χ0) is 22.2. The summed E-state index contributed by atoms with van der Waals surface area (Å²) in [6.45, 7) is 2.31. The molecule has 1 N–H and O–H groups in total. The molecule has 1 aromatic heterocycles. The lowest BCUT2D eigenvalue weighted by atomic mass is 10.1. The van der Waals surface area contributed by atoms with E-state index < -0.39 is 0 Å². The zero-order valence-corrected chi connectivity index (χ0v) is 18.0. The van der Waals surface area contributed by atoms with Crippen LogP contribution in [0.25, 0.3) is 0 Å². The molecule has 0 spiro atoms. The summed E-state index contributed by atoms with van der Waals surface area (Å²) in [6.07, 6.45) is 3.47. The van der Waals surface area contributed by atoms with E-state index in [2.05, 4.69) is 10.3 Å². The van der Waals surface area contributed by atoms with Crippen LogP contribution in [0.4, 0.5) is 0 Å². The Labute approximate surface area is 181 Å². The van der Waals surface area contributed by atoms with E-state index in [-0.39, 0.29) is 11.9 Å². The first-order chi connectivity index (χ1) is 15.0. The number of rotatable bonds is 9. The second-order valence-corrected chi connectivity index (χ2v) is 6.83. The van der Waals surface area contributed by atoms with Gasteiger partial charge >= 0.3 is 0 Å². The van der Waals surface area contributed by atoms with Gasteiger partial charge in [-0.05, 0) is 55.0 Å². The standard InChI is InChI=1S/C24H26N2O5/c1-16(19-12-21(28-2)23(30-4)22(13-19)29-3)26-24(27)18-7-9-20(10-8-18)31-15-17-6-5-11-25-14-17/h5-14,16H,15H2,1-4H3,(H,26,27). The lowest BCUT2D eigenvalue weighted by molar-refractivity contribution is 0.0939. The Morgan fingerprint density at radius 1 is 1.00 bits per heavy atom. The van der Waals surface area contributed by atoms with Gasteiger partial charge in [0.25, 0.3) is 5.91 Å². The van der Waals surface area contributed by atoms with Crippen LogP contribution in [-0.2, 0) is 6.61 Å². The Morgan fingerprint density at radius 2 is 1.68 bits per heavy atom. The molecule has 0 aliphatic heterocycles. The molecule has 31 heavy (non-hydrogen) atoms. The zero-order valence-electron chi connectivity index (χ0n) is 18.0. The predicted octanol–water partition coefficient (Wildman–Crippen LogP) is 4.18. The van der Waals surface area contributed by atoms with Crippen LogP contribution in [0.15, 0.2) is 60.9 Å². The van der Waals surface area contributed by atoms with E-state index in [1.807, 2.05) is 31.2 Å². The van der Waals surface area contributed by atoms with Gasteiger partial charge in [0.15, 0.2) is 11.5 Å². The van der Waals surface area contributed by atoms with Crippen molar-refractivity contribution < 1.29 is 23.7 Å². The van der Waals surface area contributed by atoms with Gasteiger partial charge in [0.2, 0.25) is 5.75 Å². The Hall–Kier alpha value is -3.74. The third kappa shape index (κ3) is 5.45. The van der Waals surface area contributed by atoms with Crippen LogP contribution in [-0.4, -0.2) is 32.2 Å². The Kier molecular flexibility index (Phi) is 7.32. The summed E-state index contributed by atoms with van der Waals surface area (Å²) in [4.78, 5) is 16.8. The summed E-state index contributed by atoms with van der Waals surface area (Å²) in [5, 5.41) is 2.99. The van der Waals surface area contributed by atoms with Crippen molar-refractivity contribution in [1.29, 1.82) is 0 Å². The van der Waals surface area contributed by atoms with E-state index >= 15 is 0 Å². The summed E-state index contributed by atoms with van der Waals surface area (Å²) in [5.41, 5.74) is 2.34. The second-order valence-electron chi connectivity index (χ2n) is 6.83. The SMILES string of the molecule is COc1cc(C(C)NC(=O)c2ccc(OCc3cccnc3)cc2)cc(OC)c1OC. The van der Waals surface area contributed by atoms with Gasteiger partial charge in [-0.3, -0.25) is 9.78 Å². The molecular formula is C24H26N2O5. The summed E-state index contributed by atoms with van der Waals surface area (Å²) >= 11 is 0. The number of amides is 1. The van der Waals surface area contributed by atoms with Crippen molar-refractivity contribution in [3.8, 4) is 23.0 Å². The lowest BCUT2D eigenvalue weighted by Gasteiger charge is -2.19. The van der Waals surface area contributed by atoms with Crippen LogP contribution >= 0.6 is 0 Å². The van der Waals surface area contributed by atoms with Crippen molar-refractivity contribution in [3.05, 3.63) is 77.6 Å². The van der Waals surface area contributed by atoms with Gasteiger partial charge in [-0.25, -0.2) is 0 Å². The molecule has 0 radical (unpaired) electrons. The molecule has 0 saturated heterocycles. The lowest BCUT2D eigenvalue weighted by Crippen LogP contribution is -2.26. The van der Waals surface area contributed by atoms with Gasteiger partial charge in [-0.15, -0.1) is 0 Å². The molecule has 0 fully saturated rings. The van der Waals surface area contributed by atoms with Crippen molar-refractivity contribution in [2.45, 2.75) is 19.6 Å². The highest BCUT2D eigenvalue weighted by molar-refractivity contribution is 5.94. The van der Waals surface area contributed by atoms with Gasteiger partial charge < -0.3 is 24.3 Å². The van der Waals surface area contributed by atoms with E-state index in [0.29, 0.717) is 35.2 Å². The number of pyridine rings is 1. The topological polar surface area (TPSA) is 78.9 Å². The van der Waals surface area contributed by atoms with Gasteiger partial charge in [0.1, 0.15) is 12.4 Å². The number of hydrogen-bond donors (Lipinski definition) is 1.